The molecule has 0 bridgehead atoms. The summed E-state index contributed by atoms with van der Waals surface area (Å²) in [6.45, 7) is 0. The largest absolute Gasteiger partial charge is 0.398 e. The van der Waals surface area contributed by atoms with Gasteiger partial charge in [0.05, 0.1) is 11.5 Å². The molecule has 3 N–H and O–H groups in total. The van der Waals surface area contributed by atoms with Crippen molar-refractivity contribution in [2.45, 2.75) is 18.9 Å². The maximum Gasteiger partial charge on any atom is 0.251 e. The standard InChI is InChI=1S/C12H15BrN2O3S/c13-10-7-8(1-2-11(10)14)12(16)15-9-3-5-19(17,18)6-4-9/h1-2,7,9H,3-6,14H2,(H,15,16). The van der Waals surface area contributed by atoms with Crippen LogP contribution in [0.5, 0.6) is 0 Å². The molecule has 0 atom stereocenters. The summed E-state index contributed by atoms with van der Waals surface area (Å²) in [7, 11) is -2.90. The topological polar surface area (TPSA) is 89.3 Å². The van der Waals surface area contributed by atoms with Crippen molar-refractivity contribution in [3.63, 3.8) is 0 Å². The third-order valence-electron chi connectivity index (χ3n) is 3.15. The zero-order chi connectivity index (χ0) is 14.0. The number of amides is 1. The minimum Gasteiger partial charge on any atom is -0.398 e. The summed E-state index contributed by atoms with van der Waals surface area (Å²) < 4.78 is 23.3. The van der Waals surface area contributed by atoms with Gasteiger partial charge in [0.2, 0.25) is 0 Å². The molecule has 19 heavy (non-hydrogen) atoms. The van der Waals surface area contributed by atoms with Gasteiger partial charge in [-0.2, -0.15) is 0 Å². The highest BCUT2D eigenvalue weighted by molar-refractivity contribution is 9.10. The van der Waals surface area contributed by atoms with E-state index in [9.17, 15) is 13.2 Å². The van der Waals surface area contributed by atoms with E-state index in [1.165, 1.54) is 0 Å². The van der Waals surface area contributed by atoms with Crippen LogP contribution >= 0.6 is 15.9 Å². The van der Waals surface area contributed by atoms with Crippen molar-refractivity contribution < 1.29 is 13.2 Å². The zero-order valence-corrected chi connectivity index (χ0v) is 12.6. The molecule has 1 aromatic carbocycles. The lowest BCUT2D eigenvalue weighted by Crippen LogP contribution is -2.40. The second kappa shape index (κ2) is 5.50. The van der Waals surface area contributed by atoms with Crippen molar-refractivity contribution in [1.29, 1.82) is 0 Å². The molecular weight excluding hydrogens is 332 g/mol. The summed E-state index contributed by atoms with van der Waals surface area (Å²) in [6, 6.07) is 4.89. The number of nitrogen functional groups attached to an aromatic ring is 1. The maximum absolute atomic E-state index is 12.0. The van der Waals surface area contributed by atoms with Crippen molar-refractivity contribution in [3.05, 3.63) is 28.2 Å². The van der Waals surface area contributed by atoms with Gasteiger partial charge in [0.15, 0.2) is 0 Å². The summed E-state index contributed by atoms with van der Waals surface area (Å²) >= 11 is 3.27. The van der Waals surface area contributed by atoms with Gasteiger partial charge < -0.3 is 11.1 Å². The molecule has 0 spiro atoms. The van der Waals surface area contributed by atoms with E-state index in [0.717, 1.165) is 0 Å². The average molecular weight is 347 g/mol. The minimum absolute atomic E-state index is 0.0765. The van der Waals surface area contributed by atoms with Crippen LogP contribution in [-0.4, -0.2) is 31.9 Å². The Balaban J connectivity index is 2.00. The van der Waals surface area contributed by atoms with E-state index in [-0.39, 0.29) is 23.5 Å². The summed E-state index contributed by atoms with van der Waals surface area (Å²) in [5.41, 5.74) is 6.74. The first-order chi connectivity index (χ1) is 8.87. The quantitative estimate of drug-likeness (QED) is 0.790. The van der Waals surface area contributed by atoms with Gasteiger partial charge in [-0.05, 0) is 47.0 Å². The lowest BCUT2D eigenvalue weighted by molar-refractivity contribution is 0.0934. The van der Waals surface area contributed by atoms with Crippen LogP contribution in [0, 0.1) is 0 Å². The Bertz CT molecular complexity index is 587. The van der Waals surface area contributed by atoms with Gasteiger partial charge in [-0.25, -0.2) is 8.42 Å². The van der Waals surface area contributed by atoms with Crippen molar-refractivity contribution in [1.82, 2.24) is 5.32 Å². The number of hydrogen-bond acceptors (Lipinski definition) is 4. The summed E-state index contributed by atoms with van der Waals surface area (Å²) in [6.07, 6.45) is 0.953. The molecule has 0 aromatic heterocycles. The van der Waals surface area contributed by atoms with Gasteiger partial charge in [0.25, 0.3) is 5.91 Å². The van der Waals surface area contributed by atoms with Crippen LogP contribution in [0.4, 0.5) is 5.69 Å². The molecule has 0 radical (unpaired) electrons. The molecule has 2 rings (SSSR count). The second-order valence-corrected chi connectivity index (χ2v) is 7.79. The number of carbonyl (C=O) groups is 1. The predicted molar refractivity (Wildman–Crippen MR) is 77.7 cm³/mol. The van der Waals surface area contributed by atoms with Crippen LogP contribution in [-0.2, 0) is 9.84 Å². The van der Waals surface area contributed by atoms with E-state index < -0.39 is 9.84 Å². The Morgan fingerprint density at radius 2 is 1.95 bits per heavy atom. The van der Waals surface area contributed by atoms with Gasteiger partial charge in [0.1, 0.15) is 9.84 Å². The highest BCUT2D eigenvalue weighted by Crippen LogP contribution is 2.21. The minimum atomic E-state index is -2.90. The monoisotopic (exact) mass is 346 g/mol. The molecule has 1 heterocycles. The fraction of sp³-hybridized carbons (Fsp3) is 0.417. The lowest BCUT2D eigenvalue weighted by atomic mass is 10.1. The average Bonchev–Trinajstić information content (AvgIpc) is 2.35. The zero-order valence-electron chi connectivity index (χ0n) is 10.2. The van der Waals surface area contributed by atoms with Crippen LogP contribution < -0.4 is 11.1 Å². The number of sulfone groups is 1. The fourth-order valence-electron chi connectivity index (χ4n) is 1.97. The lowest BCUT2D eigenvalue weighted by Gasteiger charge is -2.23. The molecular formula is C12H15BrN2O3S. The number of nitrogens with two attached hydrogens (primary N) is 1. The van der Waals surface area contributed by atoms with E-state index in [1.807, 2.05) is 0 Å². The van der Waals surface area contributed by atoms with E-state index in [4.69, 9.17) is 5.73 Å². The van der Waals surface area contributed by atoms with Gasteiger partial charge >= 0.3 is 0 Å². The van der Waals surface area contributed by atoms with E-state index in [0.29, 0.717) is 28.6 Å². The first kappa shape index (κ1) is 14.3. The predicted octanol–water partition coefficient (Wildman–Crippen LogP) is 1.34. The van der Waals surface area contributed by atoms with Gasteiger partial charge in [-0.1, -0.05) is 0 Å². The normalized spacial score (nSPS) is 19.0. The Hall–Kier alpha value is -1.08. The summed E-state index contributed by atoms with van der Waals surface area (Å²) in [4.78, 5) is 12.0. The van der Waals surface area contributed by atoms with E-state index in [1.54, 1.807) is 18.2 Å². The molecule has 1 fully saturated rings. The van der Waals surface area contributed by atoms with E-state index in [2.05, 4.69) is 21.2 Å². The molecule has 0 aliphatic carbocycles. The number of rotatable bonds is 2. The Morgan fingerprint density at radius 1 is 1.32 bits per heavy atom. The molecule has 1 aliphatic rings. The van der Waals surface area contributed by atoms with Crippen LogP contribution in [0.1, 0.15) is 23.2 Å². The SMILES string of the molecule is Nc1ccc(C(=O)NC2CCS(=O)(=O)CC2)cc1Br. The van der Waals surface area contributed by atoms with Gasteiger partial charge in [-0.3, -0.25) is 4.79 Å². The highest BCUT2D eigenvalue weighted by Gasteiger charge is 2.24. The fourth-order valence-corrected chi connectivity index (χ4v) is 3.84. The molecule has 1 aromatic rings. The molecule has 104 valence electrons. The Morgan fingerprint density at radius 3 is 2.53 bits per heavy atom. The number of benzene rings is 1. The molecule has 1 amide bonds. The highest BCUT2D eigenvalue weighted by atomic mass is 79.9. The van der Waals surface area contributed by atoms with Gasteiger partial charge in [0, 0.05) is 21.8 Å². The van der Waals surface area contributed by atoms with Crippen molar-refractivity contribution in [3.8, 4) is 0 Å². The molecule has 0 unspecified atom stereocenters. The van der Waals surface area contributed by atoms with Crippen molar-refractivity contribution >= 4 is 37.4 Å². The summed E-state index contributed by atoms with van der Waals surface area (Å²) in [5.74, 6) is 0.0808. The smallest absolute Gasteiger partial charge is 0.251 e. The second-order valence-electron chi connectivity index (χ2n) is 4.64. The molecule has 7 heteroatoms. The molecule has 0 saturated carbocycles. The molecule has 1 aliphatic heterocycles. The van der Waals surface area contributed by atoms with Crippen molar-refractivity contribution in [2.75, 3.05) is 17.2 Å². The van der Waals surface area contributed by atoms with Crippen LogP contribution in [0.25, 0.3) is 0 Å². The van der Waals surface area contributed by atoms with Gasteiger partial charge in [-0.15, -0.1) is 0 Å². The van der Waals surface area contributed by atoms with Crippen LogP contribution in [0.15, 0.2) is 22.7 Å². The number of anilines is 1. The Labute approximate surface area is 120 Å². The number of hydrogen-bond donors (Lipinski definition) is 2. The maximum atomic E-state index is 12.0. The number of nitrogens with one attached hydrogen (secondary N) is 1. The van der Waals surface area contributed by atoms with Crippen molar-refractivity contribution in [2.24, 2.45) is 0 Å². The first-order valence-corrected chi connectivity index (χ1v) is 8.55. The summed E-state index contributed by atoms with van der Waals surface area (Å²) in [5, 5.41) is 2.85. The van der Waals surface area contributed by atoms with Crippen LogP contribution in [0.3, 0.4) is 0 Å². The van der Waals surface area contributed by atoms with Crippen LogP contribution in [0.2, 0.25) is 0 Å². The number of carbonyl (C=O) groups excluding carboxylic acids is 1. The first-order valence-electron chi connectivity index (χ1n) is 5.94. The van der Waals surface area contributed by atoms with E-state index >= 15 is 0 Å². The third-order valence-corrected chi connectivity index (χ3v) is 5.55. The molecule has 5 nitrogen and oxygen atoms in total. The Kier molecular flexibility index (Phi) is 4.15. The third kappa shape index (κ3) is 3.70. The number of halogens is 1. The molecule has 1 saturated heterocycles.